The van der Waals surface area contributed by atoms with E-state index in [1.807, 2.05) is 18.2 Å². The van der Waals surface area contributed by atoms with E-state index in [0.29, 0.717) is 6.54 Å². The fraction of sp³-hybridized carbons (Fsp3) is 0.318. The molecule has 1 aliphatic rings. The summed E-state index contributed by atoms with van der Waals surface area (Å²) in [7, 11) is 1.36. The topological polar surface area (TPSA) is 143 Å². The number of nitrogens with two attached hydrogens (primary N) is 1. The smallest absolute Gasteiger partial charge is 0.313 e. The summed E-state index contributed by atoms with van der Waals surface area (Å²) in [6, 6.07) is 6.91. The number of benzene rings is 1. The van der Waals surface area contributed by atoms with Crippen LogP contribution in [-0.2, 0) is 9.59 Å². The Labute approximate surface area is 184 Å². The van der Waals surface area contributed by atoms with Gasteiger partial charge in [0.05, 0.1) is 42.4 Å². The maximum atomic E-state index is 13.1. The maximum Gasteiger partial charge on any atom is 0.313 e. The number of likely N-dealkylation sites (tertiary alicyclic amines) is 1. The van der Waals surface area contributed by atoms with Crippen LogP contribution in [0, 0.1) is 5.92 Å². The Morgan fingerprint density at radius 3 is 2.78 bits per heavy atom. The molecule has 1 aromatic carbocycles. The van der Waals surface area contributed by atoms with E-state index in [1.165, 1.54) is 19.4 Å². The first-order valence-corrected chi connectivity index (χ1v) is 10.3. The van der Waals surface area contributed by atoms with E-state index in [4.69, 9.17) is 10.5 Å². The number of imidazole rings is 1. The Bertz CT molecular complexity index is 1190. The van der Waals surface area contributed by atoms with Crippen LogP contribution in [0.3, 0.4) is 0 Å². The highest BCUT2D eigenvalue weighted by molar-refractivity contribution is 6.39. The van der Waals surface area contributed by atoms with Gasteiger partial charge in [-0.2, -0.15) is 0 Å². The lowest BCUT2D eigenvalue weighted by Gasteiger charge is -2.38. The lowest BCUT2D eigenvalue weighted by atomic mass is 9.89. The molecule has 1 aliphatic heterocycles. The number of carbonyl (C=O) groups is 3. The van der Waals surface area contributed by atoms with Gasteiger partial charge < -0.3 is 25.7 Å². The number of carbonyl (C=O) groups excluding carboxylic acids is 3. The molecular weight excluding hydrogens is 412 g/mol. The zero-order valence-corrected chi connectivity index (χ0v) is 17.8. The Morgan fingerprint density at radius 2 is 2.03 bits per heavy atom. The van der Waals surface area contributed by atoms with E-state index < -0.39 is 17.7 Å². The van der Waals surface area contributed by atoms with Crippen LogP contribution in [0.15, 0.2) is 36.8 Å². The largest absolute Gasteiger partial charge is 0.480 e. The van der Waals surface area contributed by atoms with Gasteiger partial charge in [0.15, 0.2) is 0 Å². The third-order valence-electron chi connectivity index (χ3n) is 5.67. The second-order valence-electron chi connectivity index (χ2n) is 7.93. The van der Waals surface area contributed by atoms with Crippen molar-refractivity contribution in [3.05, 3.63) is 47.9 Å². The molecule has 3 heterocycles. The Balaban J connectivity index is 1.57. The molecule has 2 atom stereocenters. The van der Waals surface area contributed by atoms with Crippen molar-refractivity contribution in [2.24, 2.45) is 11.7 Å². The number of anilines is 1. The zero-order valence-electron chi connectivity index (χ0n) is 17.8. The summed E-state index contributed by atoms with van der Waals surface area (Å²) < 4.78 is 5.00. The Morgan fingerprint density at radius 1 is 1.22 bits per heavy atom. The molecule has 4 rings (SSSR count). The van der Waals surface area contributed by atoms with Crippen LogP contribution in [0.5, 0.6) is 5.88 Å². The first-order valence-electron chi connectivity index (χ1n) is 10.3. The first-order chi connectivity index (χ1) is 15.4. The van der Waals surface area contributed by atoms with Crippen molar-refractivity contribution in [2.75, 3.05) is 19.0 Å². The van der Waals surface area contributed by atoms with Crippen LogP contribution in [0.25, 0.3) is 11.0 Å². The van der Waals surface area contributed by atoms with Gasteiger partial charge in [0.2, 0.25) is 5.88 Å². The number of piperidine rings is 1. The number of aromatic nitrogens is 3. The highest BCUT2D eigenvalue weighted by atomic mass is 16.5. The van der Waals surface area contributed by atoms with E-state index in [9.17, 15) is 14.4 Å². The van der Waals surface area contributed by atoms with E-state index in [2.05, 4.69) is 27.2 Å². The molecule has 10 heteroatoms. The second-order valence-corrected chi connectivity index (χ2v) is 7.93. The second kappa shape index (κ2) is 8.66. The number of pyridine rings is 1. The predicted molar refractivity (Wildman–Crippen MR) is 117 cm³/mol. The summed E-state index contributed by atoms with van der Waals surface area (Å²) in [6.45, 7) is 2.51. The van der Waals surface area contributed by atoms with E-state index in [-0.39, 0.29) is 29.1 Å². The number of fused-ring (bicyclic) bond motifs is 1. The molecule has 0 spiro atoms. The van der Waals surface area contributed by atoms with Gasteiger partial charge in [0.25, 0.3) is 5.91 Å². The first kappa shape index (κ1) is 21.3. The van der Waals surface area contributed by atoms with Crippen molar-refractivity contribution in [3.63, 3.8) is 0 Å². The molecule has 0 aliphatic carbocycles. The van der Waals surface area contributed by atoms with Crippen molar-refractivity contribution in [1.29, 1.82) is 0 Å². The standard InChI is InChI=1S/C22H24N6O4/c1-12-3-6-18(13-4-5-16-17(7-13)26-11-25-16)28(10-12)22(31)20(30)27-14-8-15(19(23)29)21(32-2)24-9-14/h4-5,7-9,11-12,18H,3,6,10H2,1-2H3,(H2,23,29)(H,25,26)(H,27,30)/t12-,18+/m1/s1. The predicted octanol–water partition coefficient (Wildman–Crippen LogP) is 2.00. The molecule has 0 bridgehead atoms. The number of hydrogen-bond donors (Lipinski definition) is 3. The van der Waals surface area contributed by atoms with Gasteiger partial charge in [-0.05, 0) is 42.5 Å². The summed E-state index contributed by atoms with van der Waals surface area (Å²) in [6.07, 6.45) is 4.61. The summed E-state index contributed by atoms with van der Waals surface area (Å²) in [4.78, 5) is 50.5. The molecule has 1 fully saturated rings. The number of methoxy groups -OCH3 is 1. The number of nitrogens with one attached hydrogen (secondary N) is 2. The van der Waals surface area contributed by atoms with Gasteiger partial charge in [0.1, 0.15) is 5.56 Å². The fourth-order valence-electron chi connectivity index (χ4n) is 4.05. The Hall–Kier alpha value is -3.95. The van der Waals surface area contributed by atoms with Gasteiger partial charge in [0, 0.05) is 6.54 Å². The number of ether oxygens (including phenoxy) is 1. The van der Waals surface area contributed by atoms with Gasteiger partial charge in [-0.15, -0.1) is 0 Å². The number of rotatable bonds is 4. The van der Waals surface area contributed by atoms with Crippen LogP contribution in [0.2, 0.25) is 0 Å². The minimum atomic E-state index is -0.813. The average molecular weight is 436 g/mol. The van der Waals surface area contributed by atoms with Crippen LogP contribution in [-0.4, -0.2) is 51.2 Å². The van der Waals surface area contributed by atoms with E-state index in [1.54, 1.807) is 11.2 Å². The number of amides is 3. The number of aromatic amines is 1. The van der Waals surface area contributed by atoms with Crippen LogP contribution in [0.4, 0.5) is 5.69 Å². The molecule has 0 saturated carbocycles. The number of nitrogens with zero attached hydrogens (tertiary/aromatic N) is 3. The quantitative estimate of drug-likeness (QED) is 0.534. The molecule has 0 unspecified atom stereocenters. The van der Waals surface area contributed by atoms with Crippen LogP contribution < -0.4 is 15.8 Å². The molecule has 32 heavy (non-hydrogen) atoms. The molecule has 3 aromatic rings. The van der Waals surface area contributed by atoms with Crippen molar-refractivity contribution < 1.29 is 19.1 Å². The van der Waals surface area contributed by atoms with Gasteiger partial charge in [-0.1, -0.05) is 13.0 Å². The minimum absolute atomic E-state index is 0.00882. The fourth-order valence-corrected chi connectivity index (χ4v) is 4.05. The summed E-state index contributed by atoms with van der Waals surface area (Å²) in [5.74, 6) is -1.91. The third kappa shape index (κ3) is 4.11. The maximum absolute atomic E-state index is 13.1. The number of H-pyrrole nitrogens is 1. The zero-order chi connectivity index (χ0) is 22.8. The summed E-state index contributed by atoms with van der Waals surface area (Å²) >= 11 is 0. The molecule has 1 saturated heterocycles. The lowest BCUT2D eigenvalue weighted by molar-refractivity contribution is -0.146. The van der Waals surface area contributed by atoms with Gasteiger partial charge in [-0.3, -0.25) is 14.4 Å². The minimum Gasteiger partial charge on any atom is -0.480 e. The molecule has 2 aromatic heterocycles. The normalized spacial score (nSPS) is 18.4. The van der Waals surface area contributed by atoms with Gasteiger partial charge >= 0.3 is 11.8 Å². The van der Waals surface area contributed by atoms with Crippen LogP contribution >= 0.6 is 0 Å². The SMILES string of the molecule is COc1ncc(NC(=O)C(=O)N2C[C@H](C)CC[C@H]2c2ccc3[nH]cnc3c2)cc1C(N)=O. The number of primary amides is 1. The van der Waals surface area contributed by atoms with E-state index >= 15 is 0 Å². The monoisotopic (exact) mass is 436 g/mol. The Kier molecular flexibility index (Phi) is 5.76. The lowest BCUT2D eigenvalue weighted by Crippen LogP contribution is -2.46. The van der Waals surface area contributed by atoms with Crippen LogP contribution in [0.1, 0.15) is 41.7 Å². The molecule has 0 radical (unpaired) electrons. The van der Waals surface area contributed by atoms with Crippen molar-refractivity contribution in [3.8, 4) is 5.88 Å². The van der Waals surface area contributed by atoms with Crippen molar-refractivity contribution in [1.82, 2.24) is 19.9 Å². The number of hydrogen-bond acceptors (Lipinski definition) is 6. The highest BCUT2D eigenvalue weighted by Crippen LogP contribution is 2.34. The van der Waals surface area contributed by atoms with Gasteiger partial charge in [-0.25, -0.2) is 9.97 Å². The molecular formula is C22H24N6O4. The third-order valence-corrected chi connectivity index (χ3v) is 5.67. The molecule has 10 nitrogen and oxygen atoms in total. The molecule has 4 N–H and O–H groups in total. The highest BCUT2D eigenvalue weighted by Gasteiger charge is 2.34. The molecule has 166 valence electrons. The van der Waals surface area contributed by atoms with Crippen molar-refractivity contribution in [2.45, 2.75) is 25.8 Å². The molecule has 3 amide bonds. The average Bonchev–Trinajstić information content (AvgIpc) is 3.26. The summed E-state index contributed by atoms with van der Waals surface area (Å²) in [5, 5.41) is 2.52. The summed E-state index contributed by atoms with van der Waals surface area (Å²) in [5.41, 5.74) is 8.17. The van der Waals surface area contributed by atoms with Crippen molar-refractivity contribution >= 4 is 34.4 Å². The van der Waals surface area contributed by atoms with E-state index in [0.717, 1.165) is 29.4 Å².